The van der Waals surface area contributed by atoms with Gasteiger partial charge in [-0.2, -0.15) is 0 Å². The Morgan fingerprint density at radius 3 is 2.77 bits per heavy atom. The molecular formula is C16H22ClNO4. The Labute approximate surface area is 135 Å². The maximum atomic E-state index is 12.1. The number of ether oxygens (including phenoxy) is 2. The Bertz CT molecular complexity index is 480. The van der Waals surface area contributed by atoms with Gasteiger partial charge in [0.05, 0.1) is 18.8 Å². The average molecular weight is 328 g/mol. The number of rotatable bonds is 6. The van der Waals surface area contributed by atoms with Crippen LogP contribution in [0, 0.1) is 5.92 Å². The van der Waals surface area contributed by atoms with E-state index in [9.17, 15) is 9.90 Å². The van der Waals surface area contributed by atoms with E-state index in [1.807, 2.05) is 0 Å². The van der Waals surface area contributed by atoms with E-state index in [1.165, 1.54) is 0 Å². The first-order valence-corrected chi connectivity index (χ1v) is 7.85. The summed E-state index contributed by atoms with van der Waals surface area (Å²) in [6, 6.07) is 7.09. The molecule has 0 bridgehead atoms. The SMILES string of the molecule is CO[C@@H]1C[C@H](C(=O)NCCOc2ccc(Cl)cc2)CC[C@@H]1O. The van der Waals surface area contributed by atoms with Gasteiger partial charge in [-0.05, 0) is 43.5 Å². The van der Waals surface area contributed by atoms with Crippen molar-refractivity contribution in [2.45, 2.75) is 31.5 Å². The number of aliphatic hydroxyl groups excluding tert-OH is 1. The molecule has 0 aromatic heterocycles. The van der Waals surface area contributed by atoms with Gasteiger partial charge in [-0.3, -0.25) is 4.79 Å². The molecule has 2 N–H and O–H groups in total. The minimum Gasteiger partial charge on any atom is -0.492 e. The number of carbonyl (C=O) groups is 1. The lowest BCUT2D eigenvalue weighted by molar-refractivity contribution is -0.130. The maximum Gasteiger partial charge on any atom is 0.223 e. The predicted molar refractivity (Wildman–Crippen MR) is 84.1 cm³/mol. The molecule has 1 aromatic rings. The number of aliphatic hydroxyl groups is 1. The van der Waals surface area contributed by atoms with Crippen molar-refractivity contribution in [1.29, 1.82) is 0 Å². The summed E-state index contributed by atoms with van der Waals surface area (Å²) >= 11 is 5.79. The summed E-state index contributed by atoms with van der Waals surface area (Å²) in [5.41, 5.74) is 0. The van der Waals surface area contributed by atoms with E-state index in [4.69, 9.17) is 21.1 Å². The smallest absolute Gasteiger partial charge is 0.223 e. The lowest BCUT2D eigenvalue weighted by Gasteiger charge is -2.31. The van der Waals surface area contributed by atoms with Gasteiger partial charge >= 0.3 is 0 Å². The molecule has 1 saturated carbocycles. The molecule has 0 aliphatic heterocycles. The molecule has 22 heavy (non-hydrogen) atoms. The van der Waals surface area contributed by atoms with Gasteiger partial charge in [0.15, 0.2) is 0 Å². The van der Waals surface area contributed by atoms with Crippen LogP contribution >= 0.6 is 11.6 Å². The molecule has 0 unspecified atom stereocenters. The van der Waals surface area contributed by atoms with Gasteiger partial charge in [-0.25, -0.2) is 0 Å². The minimum absolute atomic E-state index is 0.00587. The van der Waals surface area contributed by atoms with Crippen molar-refractivity contribution < 1.29 is 19.4 Å². The number of hydrogen-bond acceptors (Lipinski definition) is 4. The molecule has 1 aromatic carbocycles. The summed E-state index contributed by atoms with van der Waals surface area (Å²) in [4.78, 5) is 12.1. The monoisotopic (exact) mass is 327 g/mol. The highest BCUT2D eigenvalue weighted by atomic mass is 35.5. The summed E-state index contributed by atoms with van der Waals surface area (Å²) in [6.07, 6.45) is 1.11. The fraction of sp³-hybridized carbons (Fsp3) is 0.562. The number of benzene rings is 1. The van der Waals surface area contributed by atoms with Crippen molar-refractivity contribution in [3.05, 3.63) is 29.3 Å². The van der Waals surface area contributed by atoms with E-state index in [0.717, 1.165) is 5.75 Å². The number of halogens is 1. The minimum atomic E-state index is -0.470. The number of methoxy groups -OCH3 is 1. The second-order valence-electron chi connectivity index (χ2n) is 5.44. The Morgan fingerprint density at radius 2 is 2.09 bits per heavy atom. The standard InChI is InChI=1S/C16H22ClNO4/c1-21-15-10-11(2-7-14(15)19)16(20)18-8-9-22-13-5-3-12(17)4-6-13/h3-6,11,14-15,19H,2,7-10H2,1H3,(H,18,20)/t11-,14+,15-/m1/s1. The Hall–Kier alpha value is -1.30. The molecule has 122 valence electrons. The summed E-state index contributed by atoms with van der Waals surface area (Å²) in [6.45, 7) is 0.842. The summed E-state index contributed by atoms with van der Waals surface area (Å²) in [5.74, 6) is 0.608. The fourth-order valence-electron chi connectivity index (χ4n) is 2.62. The zero-order chi connectivity index (χ0) is 15.9. The van der Waals surface area contributed by atoms with Crippen molar-refractivity contribution >= 4 is 17.5 Å². The van der Waals surface area contributed by atoms with Crippen molar-refractivity contribution in [1.82, 2.24) is 5.32 Å². The molecule has 3 atom stereocenters. The number of amides is 1. The molecule has 1 aliphatic carbocycles. The van der Waals surface area contributed by atoms with Crippen LogP contribution in [0.4, 0.5) is 0 Å². The number of nitrogens with one attached hydrogen (secondary N) is 1. The zero-order valence-electron chi connectivity index (χ0n) is 12.6. The highest BCUT2D eigenvalue weighted by molar-refractivity contribution is 6.30. The van der Waals surface area contributed by atoms with Gasteiger partial charge in [0.25, 0.3) is 0 Å². The van der Waals surface area contributed by atoms with Gasteiger partial charge in [-0.15, -0.1) is 0 Å². The quantitative estimate of drug-likeness (QED) is 0.784. The van der Waals surface area contributed by atoms with E-state index >= 15 is 0 Å². The van der Waals surface area contributed by atoms with Gasteiger partial charge in [0.1, 0.15) is 12.4 Å². The van der Waals surface area contributed by atoms with Crippen LogP contribution in [0.5, 0.6) is 5.75 Å². The van der Waals surface area contributed by atoms with E-state index < -0.39 is 6.10 Å². The van der Waals surface area contributed by atoms with E-state index in [-0.39, 0.29) is 17.9 Å². The third kappa shape index (κ3) is 4.87. The second-order valence-corrected chi connectivity index (χ2v) is 5.88. The van der Waals surface area contributed by atoms with E-state index in [1.54, 1.807) is 31.4 Å². The van der Waals surface area contributed by atoms with Crippen molar-refractivity contribution in [2.75, 3.05) is 20.3 Å². The van der Waals surface area contributed by atoms with Gasteiger partial charge in [0.2, 0.25) is 5.91 Å². The molecule has 1 aliphatic rings. The Morgan fingerprint density at radius 1 is 1.36 bits per heavy atom. The molecule has 0 saturated heterocycles. The fourth-order valence-corrected chi connectivity index (χ4v) is 2.75. The Kier molecular flexibility index (Phi) is 6.49. The third-order valence-electron chi connectivity index (χ3n) is 3.91. The van der Waals surface area contributed by atoms with E-state index in [0.29, 0.717) is 37.4 Å². The summed E-state index contributed by atoms with van der Waals surface area (Å²) in [7, 11) is 1.56. The molecule has 6 heteroatoms. The summed E-state index contributed by atoms with van der Waals surface area (Å²) in [5, 5.41) is 13.3. The third-order valence-corrected chi connectivity index (χ3v) is 4.17. The Balaban J connectivity index is 1.68. The lowest BCUT2D eigenvalue weighted by atomic mass is 9.84. The molecule has 2 rings (SSSR count). The largest absolute Gasteiger partial charge is 0.492 e. The molecule has 1 fully saturated rings. The van der Waals surface area contributed by atoms with Crippen LogP contribution in [0.2, 0.25) is 5.02 Å². The first-order chi connectivity index (χ1) is 10.6. The highest BCUT2D eigenvalue weighted by Crippen LogP contribution is 2.26. The van der Waals surface area contributed by atoms with Crippen LogP contribution in [0.3, 0.4) is 0 Å². The molecule has 0 heterocycles. The number of hydrogen-bond donors (Lipinski definition) is 2. The normalized spacial score (nSPS) is 24.8. The van der Waals surface area contributed by atoms with Gasteiger partial charge < -0.3 is 19.9 Å². The highest BCUT2D eigenvalue weighted by Gasteiger charge is 2.32. The van der Waals surface area contributed by atoms with Crippen LogP contribution in [0.25, 0.3) is 0 Å². The van der Waals surface area contributed by atoms with Crippen LogP contribution in [0.15, 0.2) is 24.3 Å². The van der Waals surface area contributed by atoms with E-state index in [2.05, 4.69) is 5.32 Å². The van der Waals surface area contributed by atoms with Crippen molar-refractivity contribution in [3.63, 3.8) is 0 Å². The van der Waals surface area contributed by atoms with Gasteiger partial charge in [-0.1, -0.05) is 11.6 Å². The molecular weight excluding hydrogens is 306 g/mol. The predicted octanol–water partition coefficient (Wildman–Crippen LogP) is 2.01. The molecule has 0 radical (unpaired) electrons. The zero-order valence-corrected chi connectivity index (χ0v) is 13.4. The molecule has 1 amide bonds. The van der Waals surface area contributed by atoms with Crippen LogP contribution in [0.1, 0.15) is 19.3 Å². The average Bonchev–Trinajstić information content (AvgIpc) is 2.53. The van der Waals surface area contributed by atoms with Crippen molar-refractivity contribution in [2.24, 2.45) is 5.92 Å². The molecule has 5 nitrogen and oxygen atoms in total. The van der Waals surface area contributed by atoms with Gasteiger partial charge in [0, 0.05) is 18.1 Å². The first kappa shape index (κ1) is 17.1. The van der Waals surface area contributed by atoms with Crippen molar-refractivity contribution in [3.8, 4) is 5.75 Å². The number of carbonyl (C=O) groups excluding carboxylic acids is 1. The summed E-state index contributed by atoms with van der Waals surface area (Å²) < 4.78 is 10.7. The maximum absolute atomic E-state index is 12.1. The first-order valence-electron chi connectivity index (χ1n) is 7.47. The van der Waals surface area contributed by atoms with Crippen LogP contribution in [-0.2, 0) is 9.53 Å². The topological polar surface area (TPSA) is 67.8 Å². The van der Waals surface area contributed by atoms with Crippen LogP contribution in [-0.4, -0.2) is 43.5 Å². The molecule has 0 spiro atoms. The lowest BCUT2D eigenvalue weighted by Crippen LogP contribution is -2.42. The van der Waals surface area contributed by atoms with Crippen LogP contribution < -0.4 is 10.1 Å². The second kappa shape index (κ2) is 8.36.